The lowest BCUT2D eigenvalue weighted by molar-refractivity contribution is 0.186. The van der Waals surface area contributed by atoms with Crippen molar-refractivity contribution in [3.63, 3.8) is 0 Å². The number of rotatable bonds is 7. The summed E-state index contributed by atoms with van der Waals surface area (Å²) >= 11 is 0. The average Bonchev–Trinajstić information content (AvgIpc) is 3.16. The molecule has 0 atom stereocenters. The second kappa shape index (κ2) is 9.96. The predicted octanol–water partition coefficient (Wildman–Crippen LogP) is 4.23. The lowest BCUT2D eigenvalue weighted by atomic mass is 10.0. The van der Waals surface area contributed by atoms with Crippen LogP contribution in [0.2, 0.25) is 0 Å². The molecule has 2 fully saturated rings. The van der Waals surface area contributed by atoms with Crippen molar-refractivity contribution < 1.29 is 4.79 Å². The highest BCUT2D eigenvalue weighted by molar-refractivity contribution is 5.74. The number of nitrogens with one attached hydrogen (secondary N) is 2. The smallest absolute Gasteiger partial charge is 0.315 e. The Kier molecular flexibility index (Phi) is 7.36. The number of urea groups is 1. The molecule has 0 spiro atoms. The Morgan fingerprint density at radius 3 is 2.58 bits per heavy atom. The molecule has 3 rings (SSSR count). The number of hydrogen-bond donors (Lipinski definition) is 2. The van der Waals surface area contributed by atoms with Gasteiger partial charge in [-0.05, 0) is 49.7 Å². The molecular weight excluding hydrogens is 322 g/mol. The Labute approximate surface area is 158 Å². The van der Waals surface area contributed by atoms with Gasteiger partial charge in [0.25, 0.3) is 0 Å². The van der Waals surface area contributed by atoms with Crippen LogP contribution < -0.4 is 10.6 Å². The van der Waals surface area contributed by atoms with E-state index in [9.17, 15) is 4.79 Å². The zero-order valence-corrected chi connectivity index (χ0v) is 16.3. The number of hydrogen-bond acceptors (Lipinski definition) is 2. The van der Waals surface area contributed by atoms with Gasteiger partial charge in [0.15, 0.2) is 0 Å². The van der Waals surface area contributed by atoms with Crippen molar-refractivity contribution in [2.45, 2.75) is 70.9 Å². The normalized spacial score (nSPS) is 19.6. The van der Waals surface area contributed by atoms with Crippen LogP contribution in [0.25, 0.3) is 0 Å². The maximum atomic E-state index is 12.1. The lowest BCUT2D eigenvalue weighted by Crippen LogP contribution is -2.47. The van der Waals surface area contributed by atoms with Crippen LogP contribution in [0, 0.1) is 12.8 Å². The molecule has 2 N–H and O–H groups in total. The van der Waals surface area contributed by atoms with E-state index >= 15 is 0 Å². The molecule has 0 radical (unpaired) electrons. The van der Waals surface area contributed by atoms with Gasteiger partial charge in [0.05, 0.1) is 0 Å². The van der Waals surface area contributed by atoms with Gasteiger partial charge in [-0.15, -0.1) is 0 Å². The van der Waals surface area contributed by atoms with Crippen LogP contribution in [-0.4, -0.2) is 36.6 Å². The van der Waals surface area contributed by atoms with Gasteiger partial charge in [-0.2, -0.15) is 0 Å². The molecule has 0 bridgehead atoms. The average molecular weight is 358 g/mol. The minimum Gasteiger partial charge on any atom is -0.338 e. The van der Waals surface area contributed by atoms with Crippen LogP contribution in [0.5, 0.6) is 0 Å². The first-order valence-electron chi connectivity index (χ1n) is 10.5. The summed E-state index contributed by atoms with van der Waals surface area (Å²) in [5.74, 6) is 0.914. The summed E-state index contributed by atoms with van der Waals surface area (Å²) in [6.07, 6.45) is 10.1. The molecule has 1 aromatic carbocycles. The summed E-state index contributed by atoms with van der Waals surface area (Å²) in [5.41, 5.74) is 2.78. The number of amides is 2. The maximum absolute atomic E-state index is 12.1. The van der Waals surface area contributed by atoms with E-state index < -0.39 is 0 Å². The number of benzene rings is 1. The van der Waals surface area contributed by atoms with Gasteiger partial charge < -0.3 is 10.6 Å². The largest absolute Gasteiger partial charge is 0.338 e. The van der Waals surface area contributed by atoms with Crippen molar-refractivity contribution in [3.8, 4) is 0 Å². The first kappa shape index (κ1) is 19.2. The summed E-state index contributed by atoms with van der Waals surface area (Å²) in [6, 6.07) is 8.96. The number of carbonyl (C=O) groups excluding carboxylic acids is 1. The SMILES string of the molecule is Cc1ccccc1CN1CCC(NC(=O)NCCCC2CCCC2)CC1. The number of likely N-dealkylation sites (tertiary alicyclic amines) is 1. The first-order valence-corrected chi connectivity index (χ1v) is 10.5. The predicted molar refractivity (Wildman–Crippen MR) is 107 cm³/mol. The minimum absolute atomic E-state index is 0.0220. The molecule has 2 aliphatic rings. The fourth-order valence-electron chi connectivity index (χ4n) is 4.39. The fourth-order valence-corrected chi connectivity index (χ4v) is 4.39. The molecule has 26 heavy (non-hydrogen) atoms. The summed E-state index contributed by atoms with van der Waals surface area (Å²) in [4.78, 5) is 14.6. The zero-order valence-electron chi connectivity index (χ0n) is 16.3. The van der Waals surface area contributed by atoms with Crippen molar-refractivity contribution in [1.82, 2.24) is 15.5 Å². The summed E-state index contributed by atoms with van der Waals surface area (Å²) in [7, 11) is 0. The van der Waals surface area contributed by atoms with Crippen LogP contribution >= 0.6 is 0 Å². The Balaban J connectivity index is 1.28. The lowest BCUT2D eigenvalue weighted by Gasteiger charge is -2.32. The molecule has 1 aliphatic carbocycles. The van der Waals surface area contributed by atoms with E-state index in [2.05, 4.69) is 46.7 Å². The van der Waals surface area contributed by atoms with Crippen LogP contribution in [0.4, 0.5) is 4.79 Å². The molecule has 1 heterocycles. The molecule has 1 aliphatic heterocycles. The van der Waals surface area contributed by atoms with Crippen molar-refractivity contribution in [1.29, 1.82) is 0 Å². The number of aryl methyl sites for hydroxylation is 1. The third-order valence-corrected chi connectivity index (χ3v) is 6.13. The molecular formula is C22H35N3O. The fraction of sp³-hybridized carbons (Fsp3) is 0.682. The number of carbonyl (C=O) groups is 1. The van der Waals surface area contributed by atoms with E-state index in [0.29, 0.717) is 6.04 Å². The van der Waals surface area contributed by atoms with Gasteiger partial charge in [-0.25, -0.2) is 4.79 Å². The van der Waals surface area contributed by atoms with Gasteiger partial charge >= 0.3 is 6.03 Å². The molecule has 144 valence electrons. The van der Waals surface area contributed by atoms with Gasteiger partial charge in [0.2, 0.25) is 0 Å². The first-order chi connectivity index (χ1) is 12.7. The second-order valence-corrected chi connectivity index (χ2v) is 8.17. The molecule has 4 heteroatoms. The zero-order chi connectivity index (χ0) is 18.2. The number of nitrogens with zero attached hydrogens (tertiary/aromatic N) is 1. The Morgan fingerprint density at radius 1 is 1.12 bits per heavy atom. The minimum atomic E-state index is 0.0220. The Morgan fingerprint density at radius 2 is 1.85 bits per heavy atom. The van der Waals surface area contributed by atoms with Crippen LogP contribution in [-0.2, 0) is 6.54 Å². The molecule has 1 saturated carbocycles. The molecule has 1 aromatic rings. The van der Waals surface area contributed by atoms with Crippen LogP contribution in [0.1, 0.15) is 62.5 Å². The van der Waals surface area contributed by atoms with E-state index in [-0.39, 0.29) is 6.03 Å². The highest BCUT2D eigenvalue weighted by Crippen LogP contribution is 2.28. The quantitative estimate of drug-likeness (QED) is 0.717. The molecule has 2 amide bonds. The third kappa shape index (κ3) is 6.01. The van der Waals surface area contributed by atoms with Gasteiger partial charge in [0, 0.05) is 32.2 Å². The van der Waals surface area contributed by atoms with Crippen LogP contribution in [0.15, 0.2) is 24.3 Å². The van der Waals surface area contributed by atoms with E-state index in [4.69, 9.17) is 0 Å². The Bertz CT molecular complexity index is 560. The Hall–Kier alpha value is -1.55. The van der Waals surface area contributed by atoms with Gasteiger partial charge in [-0.3, -0.25) is 4.90 Å². The van der Waals surface area contributed by atoms with Crippen LogP contribution in [0.3, 0.4) is 0 Å². The van der Waals surface area contributed by atoms with E-state index in [1.807, 2.05) is 0 Å². The second-order valence-electron chi connectivity index (χ2n) is 8.17. The molecule has 0 aromatic heterocycles. The molecule has 4 nitrogen and oxygen atoms in total. The van der Waals surface area contributed by atoms with Crippen molar-refractivity contribution in [2.24, 2.45) is 5.92 Å². The van der Waals surface area contributed by atoms with Crippen molar-refractivity contribution >= 4 is 6.03 Å². The number of piperidine rings is 1. The summed E-state index contributed by atoms with van der Waals surface area (Å²) in [6.45, 7) is 6.13. The van der Waals surface area contributed by atoms with Crippen molar-refractivity contribution in [3.05, 3.63) is 35.4 Å². The van der Waals surface area contributed by atoms with E-state index in [0.717, 1.165) is 51.4 Å². The summed E-state index contributed by atoms with van der Waals surface area (Å²) < 4.78 is 0. The highest BCUT2D eigenvalue weighted by Gasteiger charge is 2.21. The summed E-state index contributed by atoms with van der Waals surface area (Å²) in [5, 5.41) is 6.22. The monoisotopic (exact) mass is 357 g/mol. The molecule has 0 unspecified atom stereocenters. The van der Waals surface area contributed by atoms with Gasteiger partial charge in [0.1, 0.15) is 0 Å². The third-order valence-electron chi connectivity index (χ3n) is 6.13. The molecule has 1 saturated heterocycles. The van der Waals surface area contributed by atoms with E-state index in [1.165, 1.54) is 43.2 Å². The standard InChI is InChI=1S/C22H35N3O/c1-18-7-2-5-11-20(18)17-25-15-12-21(13-16-25)24-22(26)23-14-6-10-19-8-3-4-9-19/h2,5,7,11,19,21H,3-4,6,8-10,12-17H2,1H3,(H2,23,24,26). The maximum Gasteiger partial charge on any atom is 0.315 e. The van der Waals surface area contributed by atoms with Gasteiger partial charge in [-0.1, -0.05) is 49.9 Å². The topological polar surface area (TPSA) is 44.4 Å². The van der Waals surface area contributed by atoms with Crippen molar-refractivity contribution in [2.75, 3.05) is 19.6 Å². The highest BCUT2D eigenvalue weighted by atomic mass is 16.2. The van der Waals surface area contributed by atoms with E-state index in [1.54, 1.807) is 0 Å².